The molecule has 2 heterocycles. The SMILES string of the molecule is COc1cc(OC)c(C2CC(=O)N(c3cccc(C(F)(F)F)c3)C3=C2C(=O)OC3)cc1OC. The molecule has 2 aromatic carbocycles. The number of anilines is 1. The largest absolute Gasteiger partial charge is 0.496 e. The van der Waals surface area contributed by atoms with Crippen molar-refractivity contribution < 1.29 is 41.7 Å². The molecule has 2 aromatic rings. The van der Waals surface area contributed by atoms with E-state index >= 15 is 0 Å². The van der Waals surface area contributed by atoms with Gasteiger partial charge in [0.25, 0.3) is 0 Å². The van der Waals surface area contributed by atoms with Crippen LogP contribution in [0.25, 0.3) is 0 Å². The van der Waals surface area contributed by atoms with Gasteiger partial charge in [-0.2, -0.15) is 13.2 Å². The standard InChI is InChI=1S/C23H20F3NO6/c1-30-17-10-19(32-3)18(31-2)8-14(17)15-9-20(28)27(16-11-33-22(29)21(15)16)13-6-4-5-12(7-13)23(24,25)26/h4-8,10,15H,9,11H2,1-3H3. The third kappa shape index (κ3) is 3.85. The Bertz CT molecular complexity index is 1160. The van der Waals surface area contributed by atoms with Crippen LogP contribution in [0.15, 0.2) is 47.7 Å². The minimum absolute atomic E-state index is 0.0124. The van der Waals surface area contributed by atoms with E-state index in [1.165, 1.54) is 33.5 Å². The van der Waals surface area contributed by atoms with Crippen LogP contribution in [0.3, 0.4) is 0 Å². The fourth-order valence-corrected chi connectivity index (χ4v) is 4.17. The molecule has 10 heteroatoms. The van der Waals surface area contributed by atoms with E-state index in [1.807, 2.05) is 0 Å². The predicted octanol–water partition coefficient (Wildman–Crippen LogP) is 4.06. The number of carbonyl (C=O) groups is 2. The highest BCUT2D eigenvalue weighted by molar-refractivity contribution is 6.06. The number of rotatable bonds is 5. The van der Waals surface area contributed by atoms with Crippen LogP contribution >= 0.6 is 0 Å². The lowest BCUT2D eigenvalue weighted by Gasteiger charge is -2.32. The molecule has 1 amide bonds. The average Bonchev–Trinajstić information content (AvgIpc) is 3.18. The summed E-state index contributed by atoms with van der Waals surface area (Å²) in [5.41, 5.74) is 0.00992. The van der Waals surface area contributed by atoms with E-state index in [1.54, 1.807) is 12.1 Å². The van der Waals surface area contributed by atoms with Crippen LogP contribution in [0, 0.1) is 0 Å². The van der Waals surface area contributed by atoms with Crippen LogP contribution in [0.5, 0.6) is 17.2 Å². The molecule has 0 aromatic heterocycles. The van der Waals surface area contributed by atoms with E-state index < -0.39 is 29.5 Å². The number of nitrogens with zero attached hydrogens (tertiary/aromatic N) is 1. The van der Waals surface area contributed by atoms with Crippen LogP contribution in [-0.4, -0.2) is 39.8 Å². The van der Waals surface area contributed by atoms with Crippen LogP contribution in [0.2, 0.25) is 0 Å². The van der Waals surface area contributed by atoms with Crippen molar-refractivity contribution in [2.24, 2.45) is 0 Å². The highest BCUT2D eigenvalue weighted by Gasteiger charge is 2.44. The monoisotopic (exact) mass is 463 g/mol. The Hall–Kier alpha value is -3.69. The smallest absolute Gasteiger partial charge is 0.416 e. The summed E-state index contributed by atoms with van der Waals surface area (Å²) in [6.07, 6.45) is -4.76. The molecule has 0 spiro atoms. The first kappa shape index (κ1) is 22.5. The van der Waals surface area contributed by atoms with Gasteiger partial charge in [0.05, 0.1) is 38.2 Å². The Kier molecular flexibility index (Phi) is 5.69. The third-order valence-electron chi connectivity index (χ3n) is 5.66. The van der Waals surface area contributed by atoms with Gasteiger partial charge in [-0.25, -0.2) is 4.79 Å². The molecule has 0 N–H and O–H groups in total. The molecule has 4 rings (SSSR count). The van der Waals surface area contributed by atoms with Gasteiger partial charge in [0, 0.05) is 29.7 Å². The van der Waals surface area contributed by atoms with Gasteiger partial charge < -0.3 is 18.9 Å². The predicted molar refractivity (Wildman–Crippen MR) is 110 cm³/mol. The highest BCUT2D eigenvalue weighted by atomic mass is 19.4. The summed E-state index contributed by atoms with van der Waals surface area (Å²) in [5, 5.41) is 0. The van der Waals surface area contributed by atoms with E-state index in [9.17, 15) is 22.8 Å². The second-order valence-electron chi connectivity index (χ2n) is 7.42. The van der Waals surface area contributed by atoms with Gasteiger partial charge in [-0.1, -0.05) is 6.07 Å². The summed E-state index contributed by atoms with van der Waals surface area (Å²) < 4.78 is 61.0. The lowest BCUT2D eigenvalue weighted by atomic mass is 9.83. The molecule has 1 atom stereocenters. The van der Waals surface area contributed by atoms with Crippen molar-refractivity contribution >= 4 is 17.6 Å². The minimum Gasteiger partial charge on any atom is -0.496 e. The number of halogens is 3. The number of benzene rings is 2. The van der Waals surface area contributed by atoms with Gasteiger partial charge in [0.15, 0.2) is 11.5 Å². The maximum absolute atomic E-state index is 13.2. The van der Waals surface area contributed by atoms with E-state index in [0.717, 1.165) is 17.0 Å². The fraction of sp³-hybridized carbons (Fsp3) is 0.304. The molecular weight excluding hydrogens is 443 g/mol. The number of esters is 1. The summed E-state index contributed by atoms with van der Waals surface area (Å²) >= 11 is 0. The first-order valence-electron chi connectivity index (χ1n) is 9.89. The molecule has 0 fully saturated rings. The van der Waals surface area contributed by atoms with Crippen molar-refractivity contribution in [3.8, 4) is 17.2 Å². The minimum atomic E-state index is -4.58. The van der Waals surface area contributed by atoms with Crippen LogP contribution in [0.1, 0.15) is 23.5 Å². The maximum atomic E-state index is 13.2. The van der Waals surface area contributed by atoms with Crippen LogP contribution in [0.4, 0.5) is 18.9 Å². The van der Waals surface area contributed by atoms with Crippen molar-refractivity contribution in [3.63, 3.8) is 0 Å². The molecule has 33 heavy (non-hydrogen) atoms. The second-order valence-corrected chi connectivity index (χ2v) is 7.42. The van der Waals surface area contributed by atoms with E-state index in [0.29, 0.717) is 22.8 Å². The Morgan fingerprint density at radius 1 is 0.970 bits per heavy atom. The number of cyclic esters (lactones) is 1. The second kappa shape index (κ2) is 8.34. The van der Waals surface area contributed by atoms with Gasteiger partial charge in [0.2, 0.25) is 5.91 Å². The summed E-state index contributed by atoms with van der Waals surface area (Å²) in [4.78, 5) is 27.0. The molecule has 0 saturated carbocycles. The molecule has 0 saturated heterocycles. The number of methoxy groups -OCH3 is 3. The third-order valence-corrected chi connectivity index (χ3v) is 5.66. The molecule has 174 valence electrons. The molecule has 7 nitrogen and oxygen atoms in total. The Morgan fingerprint density at radius 3 is 2.27 bits per heavy atom. The number of carbonyl (C=O) groups excluding carboxylic acids is 2. The molecule has 2 aliphatic rings. The number of hydrogen-bond donors (Lipinski definition) is 0. The Balaban J connectivity index is 1.86. The maximum Gasteiger partial charge on any atom is 0.416 e. The van der Waals surface area contributed by atoms with Crippen molar-refractivity contribution in [1.29, 1.82) is 0 Å². The Labute approximate surface area is 187 Å². The molecule has 1 unspecified atom stereocenters. The van der Waals surface area contributed by atoms with Gasteiger partial charge >= 0.3 is 12.1 Å². The zero-order valence-electron chi connectivity index (χ0n) is 18.0. The fourth-order valence-electron chi connectivity index (χ4n) is 4.17. The lowest BCUT2D eigenvalue weighted by Crippen LogP contribution is -2.37. The summed E-state index contributed by atoms with van der Waals surface area (Å²) in [6, 6.07) is 7.60. The lowest BCUT2D eigenvalue weighted by molar-refractivity contribution is -0.138. The van der Waals surface area contributed by atoms with Gasteiger partial charge in [-0.15, -0.1) is 0 Å². The van der Waals surface area contributed by atoms with Crippen molar-refractivity contribution in [1.82, 2.24) is 0 Å². The van der Waals surface area contributed by atoms with Gasteiger partial charge in [0.1, 0.15) is 12.4 Å². The first-order chi connectivity index (χ1) is 15.7. The summed E-state index contributed by atoms with van der Waals surface area (Å²) in [7, 11) is 4.35. The summed E-state index contributed by atoms with van der Waals surface area (Å²) in [6.45, 7) is -0.234. The summed E-state index contributed by atoms with van der Waals surface area (Å²) in [5.74, 6) is -0.725. The quantitative estimate of drug-likeness (QED) is 0.623. The first-order valence-corrected chi connectivity index (χ1v) is 9.89. The normalized spacial score (nSPS) is 18.2. The van der Waals surface area contributed by atoms with Gasteiger partial charge in [-0.3, -0.25) is 9.69 Å². The van der Waals surface area contributed by atoms with Crippen molar-refractivity contribution in [3.05, 3.63) is 58.8 Å². The molecular formula is C23H20F3NO6. The number of hydrogen-bond acceptors (Lipinski definition) is 6. The topological polar surface area (TPSA) is 74.3 Å². The van der Waals surface area contributed by atoms with E-state index in [-0.39, 0.29) is 30.0 Å². The van der Waals surface area contributed by atoms with E-state index in [2.05, 4.69) is 0 Å². The average molecular weight is 463 g/mol. The molecule has 0 aliphatic carbocycles. The van der Waals surface area contributed by atoms with Crippen molar-refractivity contribution in [2.45, 2.75) is 18.5 Å². The number of amides is 1. The zero-order chi connectivity index (χ0) is 23.9. The highest BCUT2D eigenvalue weighted by Crippen LogP contribution is 2.47. The zero-order valence-corrected chi connectivity index (χ0v) is 18.0. The molecule has 0 radical (unpaired) electrons. The van der Waals surface area contributed by atoms with E-state index in [4.69, 9.17) is 18.9 Å². The Morgan fingerprint density at radius 2 is 1.64 bits per heavy atom. The van der Waals surface area contributed by atoms with Crippen molar-refractivity contribution in [2.75, 3.05) is 32.8 Å². The number of ether oxygens (including phenoxy) is 4. The van der Waals surface area contributed by atoms with Gasteiger partial charge in [-0.05, 0) is 24.3 Å². The molecule has 0 bridgehead atoms. The molecule has 2 aliphatic heterocycles. The number of alkyl halides is 3. The van der Waals surface area contributed by atoms with Crippen LogP contribution < -0.4 is 19.1 Å². The van der Waals surface area contributed by atoms with Crippen LogP contribution in [-0.2, 0) is 20.5 Å².